The summed E-state index contributed by atoms with van der Waals surface area (Å²) in [5.41, 5.74) is 1.05. The molecule has 0 radical (unpaired) electrons. The lowest BCUT2D eigenvalue weighted by Gasteiger charge is -2.35. The number of nitrogens with one attached hydrogen (secondary N) is 1. The molecule has 1 aliphatic rings. The van der Waals surface area contributed by atoms with E-state index in [-0.39, 0.29) is 22.7 Å². The summed E-state index contributed by atoms with van der Waals surface area (Å²) in [5, 5.41) is 4.85. The number of benzene rings is 1. The van der Waals surface area contributed by atoms with Crippen LogP contribution < -0.4 is 15.2 Å². The summed E-state index contributed by atoms with van der Waals surface area (Å²) in [4.78, 5) is 24.5. The fraction of sp³-hybridized carbons (Fsp3) is 0.476. The minimum Gasteiger partial charge on any atom is -0.494 e. The molecule has 3 heterocycles. The van der Waals surface area contributed by atoms with Crippen molar-refractivity contribution < 1.29 is 9.13 Å². The molecule has 0 aliphatic carbocycles. The van der Waals surface area contributed by atoms with Gasteiger partial charge in [0.1, 0.15) is 5.39 Å². The van der Waals surface area contributed by atoms with Crippen LogP contribution in [-0.4, -0.2) is 57.9 Å². The van der Waals surface area contributed by atoms with Crippen molar-refractivity contribution in [3.05, 3.63) is 46.1 Å². The van der Waals surface area contributed by atoms with Crippen molar-refractivity contribution in [1.29, 1.82) is 0 Å². The van der Waals surface area contributed by atoms with Gasteiger partial charge in [-0.1, -0.05) is 6.07 Å². The van der Waals surface area contributed by atoms with E-state index in [1.807, 2.05) is 26.8 Å². The summed E-state index contributed by atoms with van der Waals surface area (Å²) >= 11 is 0. The van der Waals surface area contributed by atoms with Gasteiger partial charge in [-0.05, 0) is 38.5 Å². The van der Waals surface area contributed by atoms with Crippen molar-refractivity contribution in [2.24, 2.45) is 0 Å². The maximum Gasteiger partial charge on any atom is 0.263 e. The normalized spacial score (nSPS) is 15.7. The second-order valence-corrected chi connectivity index (χ2v) is 8.59. The molecule has 1 saturated heterocycles. The van der Waals surface area contributed by atoms with Gasteiger partial charge in [0, 0.05) is 32.7 Å². The number of H-pyrrole nitrogens is 1. The van der Waals surface area contributed by atoms with Gasteiger partial charge in [-0.25, -0.2) is 9.07 Å². The number of nitrogens with zero attached hydrogens (tertiary/aromatic N) is 5. The quantitative estimate of drug-likeness (QED) is 0.706. The third kappa shape index (κ3) is 3.89. The van der Waals surface area contributed by atoms with Gasteiger partial charge in [0.05, 0.1) is 18.8 Å². The average molecular weight is 414 g/mol. The van der Waals surface area contributed by atoms with E-state index in [0.717, 1.165) is 31.7 Å². The van der Waals surface area contributed by atoms with Crippen LogP contribution in [0.3, 0.4) is 0 Å². The Morgan fingerprint density at radius 1 is 1.20 bits per heavy atom. The number of fused-ring (bicyclic) bond motifs is 1. The van der Waals surface area contributed by atoms with Crippen LogP contribution in [0.25, 0.3) is 11.0 Å². The first-order valence-corrected chi connectivity index (χ1v) is 10.0. The molecule has 1 N–H and O–H groups in total. The van der Waals surface area contributed by atoms with E-state index in [4.69, 9.17) is 9.72 Å². The molecule has 0 unspecified atom stereocenters. The molecule has 1 fully saturated rings. The maximum absolute atomic E-state index is 13.9. The highest BCUT2D eigenvalue weighted by atomic mass is 19.1. The number of hydrogen-bond acceptors (Lipinski definition) is 6. The van der Waals surface area contributed by atoms with Crippen molar-refractivity contribution in [3.8, 4) is 5.75 Å². The van der Waals surface area contributed by atoms with Crippen molar-refractivity contribution in [1.82, 2.24) is 24.6 Å². The van der Waals surface area contributed by atoms with Crippen LogP contribution >= 0.6 is 0 Å². The number of hydrogen-bond donors (Lipinski definition) is 1. The molecular formula is C21H27FN6O2. The van der Waals surface area contributed by atoms with E-state index in [2.05, 4.69) is 19.9 Å². The molecule has 0 atom stereocenters. The lowest BCUT2D eigenvalue weighted by atomic mass is 10.1. The number of ether oxygens (including phenoxy) is 1. The molecule has 3 aromatic rings. The van der Waals surface area contributed by atoms with Crippen LogP contribution in [0.1, 0.15) is 26.3 Å². The van der Waals surface area contributed by atoms with Crippen LogP contribution in [0.4, 0.5) is 10.3 Å². The van der Waals surface area contributed by atoms with E-state index in [9.17, 15) is 9.18 Å². The summed E-state index contributed by atoms with van der Waals surface area (Å²) < 4.78 is 20.7. The third-order valence-electron chi connectivity index (χ3n) is 5.36. The maximum atomic E-state index is 13.9. The minimum atomic E-state index is -0.348. The SMILES string of the molecule is COc1ccc(CN2CCN(c3nc4c(cnn4C(C)(C)C)c(=O)[nH]3)CC2)cc1F. The van der Waals surface area contributed by atoms with Gasteiger partial charge in [-0.2, -0.15) is 10.1 Å². The predicted octanol–water partition coefficient (Wildman–Crippen LogP) is 2.34. The van der Waals surface area contributed by atoms with E-state index in [0.29, 0.717) is 23.5 Å². The number of methoxy groups -OCH3 is 1. The number of aromatic amines is 1. The van der Waals surface area contributed by atoms with E-state index in [1.54, 1.807) is 16.9 Å². The second-order valence-electron chi connectivity index (χ2n) is 8.59. The van der Waals surface area contributed by atoms with Crippen LogP contribution in [0, 0.1) is 5.82 Å². The predicted molar refractivity (Wildman–Crippen MR) is 114 cm³/mol. The fourth-order valence-electron chi connectivity index (χ4n) is 3.73. The number of halogens is 1. The van der Waals surface area contributed by atoms with Gasteiger partial charge in [-0.15, -0.1) is 0 Å². The van der Waals surface area contributed by atoms with Gasteiger partial charge >= 0.3 is 0 Å². The first-order chi connectivity index (χ1) is 14.3. The van der Waals surface area contributed by atoms with Crippen LogP contribution in [0.15, 0.2) is 29.2 Å². The van der Waals surface area contributed by atoms with Crippen molar-refractivity contribution in [2.45, 2.75) is 32.9 Å². The van der Waals surface area contributed by atoms with Crippen LogP contribution in [0.5, 0.6) is 5.75 Å². The third-order valence-corrected chi connectivity index (χ3v) is 5.36. The zero-order valence-corrected chi connectivity index (χ0v) is 17.8. The minimum absolute atomic E-state index is 0.179. The van der Waals surface area contributed by atoms with E-state index >= 15 is 0 Å². The van der Waals surface area contributed by atoms with Crippen molar-refractivity contribution in [3.63, 3.8) is 0 Å². The lowest BCUT2D eigenvalue weighted by molar-refractivity contribution is 0.248. The zero-order valence-electron chi connectivity index (χ0n) is 17.8. The topological polar surface area (TPSA) is 79.3 Å². The molecule has 2 aromatic heterocycles. The molecule has 0 amide bonds. The van der Waals surface area contributed by atoms with Crippen LogP contribution in [-0.2, 0) is 12.1 Å². The first kappa shape index (κ1) is 20.3. The highest BCUT2D eigenvalue weighted by molar-refractivity contribution is 5.74. The Labute approximate surface area is 174 Å². The Kier molecular flexibility index (Phi) is 5.23. The summed E-state index contributed by atoms with van der Waals surface area (Å²) in [5.74, 6) is 0.469. The summed E-state index contributed by atoms with van der Waals surface area (Å²) in [6.07, 6.45) is 1.57. The van der Waals surface area contributed by atoms with Crippen molar-refractivity contribution >= 4 is 17.0 Å². The summed E-state index contributed by atoms with van der Waals surface area (Å²) in [7, 11) is 1.46. The molecule has 4 rings (SSSR count). The zero-order chi connectivity index (χ0) is 21.5. The highest BCUT2D eigenvalue weighted by Crippen LogP contribution is 2.22. The smallest absolute Gasteiger partial charge is 0.263 e. The monoisotopic (exact) mass is 414 g/mol. The largest absolute Gasteiger partial charge is 0.494 e. The standard InChI is InChI=1S/C21H27FN6O2/c1-21(2,3)28-18-15(12-23-28)19(29)25-20(24-18)27-9-7-26(8-10-27)13-14-5-6-17(30-4)16(22)11-14/h5-6,11-12H,7-10,13H2,1-4H3,(H,24,25,29). The van der Waals surface area contributed by atoms with Gasteiger partial charge in [0.15, 0.2) is 17.2 Å². The lowest BCUT2D eigenvalue weighted by Crippen LogP contribution is -2.47. The molecule has 9 heteroatoms. The number of aromatic nitrogens is 4. The Morgan fingerprint density at radius 3 is 2.57 bits per heavy atom. The van der Waals surface area contributed by atoms with E-state index < -0.39 is 0 Å². The van der Waals surface area contributed by atoms with E-state index in [1.165, 1.54) is 13.2 Å². The fourth-order valence-corrected chi connectivity index (χ4v) is 3.73. The van der Waals surface area contributed by atoms with Gasteiger partial charge < -0.3 is 9.64 Å². The molecule has 8 nitrogen and oxygen atoms in total. The number of anilines is 1. The average Bonchev–Trinajstić information content (AvgIpc) is 3.14. The van der Waals surface area contributed by atoms with Gasteiger partial charge in [0.2, 0.25) is 5.95 Å². The molecule has 0 spiro atoms. The van der Waals surface area contributed by atoms with Crippen molar-refractivity contribution in [2.75, 3.05) is 38.2 Å². The molecule has 30 heavy (non-hydrogen) atoms. The van der Waals surface area contributed by atoms with Crippen LogP contribution in [0.2, 0.25) is 0 Å². The number of piperazine rings is 1. The second kappa shape index (κ2) is 7.71. The Morgan fingerprint density at radius 2 is 1.93 bits per heavy atom. The molecule has 160 valence electrons. The van der Waals surface area contributed by atoms with Gasteiger partial charge in [-0.3, -0.25) is 14.7 Å². The molecule has 0 bridgehead atoms. The molecule has 1 aromatic carbocycles. The summed E-state index contributed by atoms with van der Waals surface area (Å²) in [6, 6.07) is 5.06. The first-order valence-electron chi connectivity index (χ1n) is 10.0. The Bertz CT molecular complexity index is 1110. The summed E-state index contributed by atoms with van der Waals surface area (Å²) in [6.45, 7) is 9.76. The molecule has 1 aliphatic heterocycles. The van der Waals surface area contributed by atoms with Gasteiger partial charge in [0.25, 0.3) is 5.56 Å². The molecular weight excluding hydrogens is 387 g/mol. The molecule has 0 saturated carbocycles. The highest BCUT2D eigenvalue weighted by Gasteiger charge is 2.23. The number of rotatable bonds is 4. The Hall–Kier alpha value is -2.94. The Balaban J connectivity index is 1.48.